The topological polar surface area (TPSA) is 67.1 Å². The lowest BCUT2D eigenvalue weighted by Gasteiger charge is -2.23. The number of methoxy groups -OCH3 is 1. The Morgan fingerprint density at radius 3 is 2.73 bits per heavy atom. The second kappa shape index (κ2) is 6.55. The molecule has 1 aliphatic heterocycles. The lowest BCUT2D eigenvalue weighted by Crippen LogP contribution is -2.33. The fraction of sp³-hybridized carbons (Fsp3) is 0.200. The second-order valence-corrected chi connectivity index (χ2v) is 6.19. The summed E-state index contributed by atoms with van der Waals surface area (Å²) in [5.41, 5.74) is 4.82. The van der Waals surface area contributed by atoms with Gasteiger partial charge in [-0.15, -0.1) is 0 Å². The zero-order valence-electron chi connectivity index (χ0n) is 14.4. The first-order chi connectivity index (χ1) is 12.7. The van der Waals surface area contributed by atoms with Gasteiger partial charge in [0.15, 0.2) is 0 Å². The molecule has 2 aromatic heterocycles. The van der Waals surface area contributed by atoms with E-state index in [1.807, 2.05) is 59.3 Å². The standard InChI is InChI=1S/C20H19N3O3/c1-26-18-7-3-2-5-16(18)17-13-23-10-4-6-15(19(23)21-17)14-8-11-22(12-9-14)20(24)25/h2-8,10,13H,9,11-12H2,1H3,(H,24,25). The molecular formula is C20H19N3O3. The van der Waals surface area contributed by atoms with Crippen molar-refractivity contribution >= 4 is 17.3 Å². The van der Waals surface area contributed by atoms with Gasteiger partial charge in [-0.1, -0.05) is 18.2 Å². The van der Waals surface area contributed by atoms with Gasteiger partial charge in [-0.3, -0.25) is 0 Å². The van der Waals surface area contributed by atoms with E-state index >= 15 is 0 Å². The minimum absolute atomic E-state index is 0.409. The number of aromatic nitrogens is 2. The number of nitrogens with zero attached hydrogens (tertiary/aromatic N) is 3. The Bertz CT molecular complexity index is 1010. The van der Waals surface area contributed by atoms with E-state index in [1.54, 1.807) is 7.11 Å². The molecule has 0 spiro atoms. The van der Waals surface area contributed by atoms with Gasteiger partial charge >= 0.3 is 6.09 Å². The highest BCUT2D eigenvalue weighted by molar-refractivity contribution is 5.80. The summed E-state index contributed by atoms with van der Waals surface area (Å²) >= 11 is 0. The summed E-state index contributed by atoms with van der Waals surface area (Å²) in [6.45, 7) is 0.911. The van der Waals surface area contributed by atoms with Crippen molar-refractivity contribution in [2.75, 3.05) is 20.2 Å². The van der Waals surface area contributed by atoms with Gasteiger partial charge in [0.2, 0.25) is 0 Å². The number of amides is 1. The van der Waals surface area contributed by atoms with E-state index in [9.17, 15) is 4.79 Å². The molecule has 0 unspecified atom stereocenters. The number of rotatable bonds is 3. The second-order valence-electron chi connectivity index (χ2n) is 6.19. The first-order valence-electron chi connectivity index (χ1n) is 8.46. The first kappa shape index (κ1) is 16.2. The van der Waals surface area contributed by atoms with Crippen LogP contribution in [0.2, 0.25) is 0 Å². The molecule has 1 aliphatic rings. The van der Waals surface area contributed by atoms with Crippen molar-refractivity contribution in [1.82, 2.24) is 14.3 Å². The predicted octanol–water partition coefficient (Wildman–Crippen LogP) is 3.78. The molecule has 0 saturated carbocycles. The minimum atomic E-state index is -0.877. The molecule has 0 atom stereocenters. The van der Waals surface area contributed by atoms with E-state index in [0.717, 1.165) is 33.8 Å². The Kier molecular flexibility index (Phi) is 4.08. The fourth-order valence-corrected chi connectivity index (χ4v) is 3.34. The van der Waals surface area contributed by atoms with Crippen LogP contribution in [0.25, 0.3) is 22.5 Å². The number of hydrogen-bond donors (Lipinski definition) is 1. The Balaban J connectivity index is 1.77. The Labute approximate surface area is 151 Å². The van der Waals surface area contributed by atoms with Crippen LogP contribution in [0.1, 0.15) is 12.0 Å². The molecule has 0 radical (unpaired) electrons. The van der Waals surface area contributed by atoms with Crippen LogP contribution in [0.5, 0.6) is 5.75 Å². The third-order valence-corrected chi connectivity index (χ3v) is 4.69. The average Bonchev–Trinajstić information content (AvgIpc) is 3.12. The smallest absolute Gasteiger partial charge is 0.407 e. The van der Waals surface area contributed by atoms with E-state index in [4.69, 9.17) is 14.8 Å². The molecule has 0 fully saturated rings. The molecule has 6 nitrogen and oxygen atoms in total. The molecule has 1 N–H and O–H groups in total. The summed E-state index contributed by atoms with van der Waals surface area (Å²) in [6.07, 6.45) is 5.74. The maximum absolute atomic E-state index is 11.1. The van der Waals surface area contributed by atoms with Gasteiger partial charge in [0.05, 0.1) is 12.8 Å². The number of hydrogen-bond acceptors (Lipinski definition) is 3. The van der Waals surface area contributed by atoms with Gasteiger partial charge in [-0.2, -0.15) is 0 Å². The van der Waals surface area contributed by atoms with Crippen LogP contribution in [0, 0.1) is 0 Å². The van der Waals surface area contributed by atoms with Gasteiger partial charge in [0.1, 0.15) is 11.4 Å². The number of imidazole rings is 1. The molecule has 0 saturated heterocycles. The highest BCUT2D eigenvalue weighted by atomic mass is 16.5. The molecule has 0 bridgehead atoms. The SMILES string of the molecule is COc1ccccc1-c1cn2cccc(C3=CCN(C(=O)O)CC3)c2n1. The van der Waals surface area contributed by atoms with Gasteiger partial charge in [-0.25, -0.2) is 9.78 Å². The number of pyridine rings is 1. The summed E-state index contributed by atoms with van der Waals surface area (Å²) in [6, 6.07) is 11.8. The lowest BCUT2D eigenvalue weighted by atomic mass is 10.0. The molecule has 4 rings (SSSR count). The third-order valence-electron chi connectivity index (χ3n) is 4.69. The molecule has 1 amide bonds. The van der Waals surface area contributed by atoms with Crippen molar-refractivity contribution < 1.29 is 14.6 Å². The lowest BCUT2D eigenvalue weighted by molar-refractivity contribution is 0.150. The number of ether oxygens (including phenoxy) is 1. The number of carbonyl (C=O) groups is 1. The zero-order valence-corrected chi connectivity index (χ0v) is 14.4. The summed E-state index contributed by atoms with van der Waals surface area (Å²) in [5, 5.41) is 9.11. The Morgan fingerprint density at radius 1 is 1.19 bits per heavy atom. The first-order valence-corrected chi connectivity index (χ1v) is 8.46. The number of carboxylic acid groups (broad SMARTS) is 1. The van der Waals surface area contributed by atoms with Crippen LogP contribution in [-0.4, -0.2) is 45.7 Å². The van der Waals surface area contributed by atoms with Crippen molar-refractivity contribution in [1.29, 1.82) is 0 Å². The number of para-hydroxylation sites is 1. The van der Waals surface area contributed by atoms with Crippen LogP contribution >= 0.6 is 0 Å². The predicted molar refractivity (Wildman–Crippen MR) is 99.4 cm³/mol. The quantitative estimate of drug-likeness (QED) is 0.781. The average molecular weight is 349 g/mol. The van der Waals surface area contributed by atoms with Crippen molar-refractivity contribution in [2.45, 2.75) is 6.42 Å². The van der Waals surface area contributed by atoms with Crippen molar-refractivity contribution in [3.8, 4) is 17.0 Å². The third kappa shape index (κ3) is 2.79. The van der Waals surface area contributed by atoms with Crippen LogP contribution < -0.4 is 4.74 Å². The van der Waals surface area contributed by atoms with Crippen LogP contribution in [-0.2, 0) is 0 Å². The largest absolute Gasteiger partial charge is 0.496 e. The molecule has 3 aromatic rings. The molecule has 1 aromatic carbocycles. The number of benzene rings is 1. The van der Waals surface area contributed by atoms with E-state index in [0.29, 0.717) is 19.5 Å². The van der Waals surface area contributed by atoms with Gasteiger partial charge in [-0.05, 0) is 36.3 Å². The van der Waals surface area contributed by atoms with Crippen LogP contribution in [0.3, 0.4) is 0 Å². The molecule has 26 heavy (non-hydrogen) atoms. The summed E-state index contributed by atoms with van der Waals surface area (Å²) in [5.74, 6) is 0.784. The van der Waals surface area contributed by atoms with E-state index in [2.05, 4.69) is 0 Å². The normalized spacial score (nSPS) is 14.3. The van der Waals surface area contributed by atoms with E-state index < -0.39 is 6.09 Å². The molecule has 132 valence electrons. The Hall–Kier alpha value is -3.28. The van der Waals surface area contributed by atoms with Crippen LogP contribution in [0.15, 0.2) is 54.9 Å². The maximum Gasteiger partial charge on any atom is 0.407 e. The summed E-state index contributed by atoms with van der Waals surface area (Å²) in [7, 11) is 1.65. The highest BCUT2D eigenvalue weighted by Crippen LogP contribution is 2.31. The monoisotopic (exact) mass is 349 g/mol. The maximum atomic E-state index is 11.1. The van der Waals surface area contributed by atoms with Gasteiger partial charge < -0.3 is 19.1 Å². The summed E-state index contributed by atoms with van der Waals surface area (Å²) < 4.78 is 7.46. The highest BCUT2D eigenvalue weighted by Gasteiger charge is 2.19. The van der Waals surface area contributed by atoms with Gasteiger partial charge in [0.25, 0.3) is 0 Å². The number of fused-ring (bicyclic) bond motifs is 1. The molecule has 6 heteroatoms. The van der Waals surface area contributed by atoms with Crippen molar-refractivity contribution in [3.05, 3.63) is 60.4 Å². The van der Waals surface area contributed by atoms with Crippen molar-refractivity contribution in [3.63, 3.8) is 0 Å². The van der Waals surface area contributed by atoms with Crippen LogP contribution in [0.4, 0.5) is 4.79 Å². The van der Waals surface area contributed by atoms with E-state index in [1.165, 1.54) is 4.90 Å². The zero-order chi connectivity index (χ0) is 18.1. The van der Waals surface area contributed by atoms with E-state index in [-0.39, 0.29) is 0 Å². The molecule has 3 heterocycles. The summed E-state index contributed by atoms with van der Waals surface area (Å²) in [4.78, 5) is 17.3. The fourth-order valence-electron chi connectivity index (χ4n) is 3.34. The Morgan fingerprint density at radius 2 is 2.00 bits per heavy atom. The van der Waals surface area contributed by atoms with Gasteiger partial charge in [0, 0.05) is 36.6 Å². The molecular weight excluding hydrogens is 330 g/mol. The molecule has 0 aliphatic carbocycles. The minimum Gasteiger partial charge on any atom is -0.496 e. The van der Waals surface area contributed by atoms with Crippen molar-refractivity contribution in [2.24, 2.45) is 0 Å².